The van der Waals surface area contributed by atoms with E-state index in [0.29, 0.717) is 0 Å². The minimum absolute atomic E-state index is 0.0370. The van der Waals surface area contributed by atoms with Crippen LogP contribution in [0, 0.1) is 0 Å². The maximum atomic E-state index is 11.2. The summed E-state index contributed by atoms with van der Waals surface area (Å²) in [5.74, 6) is -1.38. The molecule has 0 aliphatic carbocycles. The molecule has 0 aromatic carbocycles. The Bertz CT molecular complexity index is 526. The molecule has 8 heteroatoms. The third-order valence-electron chi connectivity index (χ3n) is 1.41. The fourth-order valence-corrected chi connectivity index (χ4v) is 0.857. The van der Waals surface area contributed by atoms with Gasteiger partial charge in [-0.25, -0.2) is 4.79 Å². The van der Waals surface area contributed by atoms with Crippen LogP contribution in [0.3, 0.4) is 0 Å². The SMILES string of the molecule is O=C(O)c1nnc2nc[nH]n2c1=O. The van der Waals surface area contributed by atoms with Crippen molar-refractivity contribution in [3.8, 4) is 0 Å². The number of carbonyl (C=O) groups is 1. The highest BCUT2D eigenvalue weighted by Gasteiger charge is 2.14. The van der Waals surface area contributed by atoms with Gasteiger partial charge in [-0.15, -0.1) is 10.2 Å². The molecule has 0 amide bonds. The van der Waals surface area contributed by atoms with Crippen molar-refractivity contribution in [2.24, 2.45) is 0 Å². The number of aromatic carboxylic acids is 1. The van der Waals surface area contributed by atoms with Gasteiger partial charge in [-0.2, -0.15) is 9.50 Å². The van der Waals surface area contributed by atoms with Crippen molar-refractivity contribution < 1.29 is 9.90 Å². The first-order chi connectivity index (χ1) is 6.20. The number of aromatic amines is 1. The van der Waals surface area contributed by atoms with Crippen LogP contribution < -0.4 is 5.56 Å². The number of carboxylic acids is 1. The molecule has 66 valence electrons. The number of aromatic nitrogens is 5. The fraction of sp³-hybridized carbons (Fsp3) is 0. The summed E-state index contributed by atoms with van der Waals surface area (Å²) in [7, 11) is 0. The van der Waals surface area contributed by atoms with Gasteiger partial charge < -0.3 is 5.11 Å². The number of carboxylic acid groups (broad SMARTS) is 1. The molecule has 0 spiro atoms. The average molecular weight is 181 g/mol. The molecule has 0 radical (unpaired) electrons. The van der Waals surface area contributed by atoms with Crippen LogP contribution in [0.2, 0.25) is 0 Å². The molecule has 0 aliphatic heterocycles. The maximum absolute atomic E-state index is 11.2. The largest absolute Gasteiger partial charge is 0.476 e. The molecule has 0 aliphatic rings. The molecule has 2 rings (SSSR count). The van der Waals surface area contributed by atoms with Gasteiger partial charge in [0.05, 0.1) is 0 Å². The Morgan fingerprint density at radius 3 is 3.00 bits per heavy atom. The summed E-state index contributed by atoms with van der Waals surface area (Å²) < 4.78 is 0.899. The van der Waals surface area contributed by atoms with E-state index >= 15 is 0 Å². The van der Waals surface area contributed by atoms with E-state index in [-0.39, 0.29) is 5.78 Å². The van der Waals surface area contributed by atoms with Crippen LogP contribution in [0.1, 0.15) is 10.5 Å². The summed E-state index contributed by atoms with van der Waals surface area (Å²) in [5, 5.41) is 17.5. The van der Waals surface area contributed by atoms with Crippen molar-refractivity contribution in [2.45, 2.75) is 0 Å². The van der Waals surface area contributed by atoms with Crippen LogP contribution in [0.15, 0.2) is 11.1 Å². The minimum atomic E-state index is -1.42. The zero-order chi connectivity index (χ0) is 9.42. The van der Waals surface area contributed by atoms with Crippen LogP contribution in [-0.4, -0.2) is 35.9 Å². The molecule has 13 heavy (non-hydrogen) atoms. The molecule has 2 N–H and O–H groups in total. The van der Waals surface area contributed by atoms with E-state index in [1.54, 1.807) is 0 Å². The predicted octanol–water partition coefficient (Wildman–Crippen LogP) is -1.49. The maximum Gasteiger partial charge on any atom is 0.362 e. The Balaban J connectivity index is 2.89. The van der Waals surface area contributed by atoms with E-state index in [4.69, 9.17) is 5.11 Å². The Morgan fingerprint density at radius 2 is 2.31 bits per heavy atom. The van der Waals surface area contributed by atoms with Crippen LogP contribution in [-0.2, 0) is 0 Å². The number of rotatable bonds is 1. The van der Waals surface area contributed by atoms with E-state index in [0.717, 1.165) is 4.52 Å². The zero-order valence-electron chi connectivity index (χ0n) is 6.13. The van der Waals surface area contributed by atoms with Gasteiger partial charge in [0.15, 0.2) is 0 Å². The van der Waals surface area contributed by atoms with Gasteiger partial charge in [0, 0.05) is 0 Å². The smallest absolute Gasteiger partial charge is 0.362 e. The monoisotopic (exact) mass is 181 g/mol. The zero-order valence-corrected chi connectivity index (χ0v) is 6.13. The number of hydrogen-bond acceptors (Lipinski definition) is 5. The third kappa shape index (κ3) is 0.956. The van der Waals surface area contributed by atoms with Gasteiger partial charge in [-0.05, 0) is 0 Å². The lowest BCUT2D eigenvalue weighted by Gasteiger charge is -1.91. The van der Waals surface area contributed by atoms with Crippen molar-refractivity contribution in [3.63, 3.8) is 0 Å². The van der Waals surface area contributed by atoms with Gasteiger partial charge in [0.1, 0.15) is 6.33 Å². The van der Waals surface area contributed by atoms with E-state index in [2.05, 4.69) is 20.3 Å². The van der Waals surface area contributed by atoms with Gasteiger partial charge in [-0.3, -0.25) is 9.89 Å². The molecular formula is C5H3N5O3. The fourth-order valence-electron chi connectivity index (χ4n) is 0.857. The lowest BCUT2D eigenvalue weighted by atomic mass is 10.5. The minimum Gasteiger partial charge on any atom is -0.476 e. The average Bonchev–Trinajstić information content (AvgIpc) is 2.52. The van der Waals surface area contributed by atoms with E-state index in [1.165, 1.54) is 6.33 Å². The predicted molar refractivity (Wildman–Crippen MR) is 38.4 cm³/mol. The van der Waals surface area contributed by atoms with Gasteiger partial charge in [0.2, 0.25) is 5.69 Å². The topological polar surface area (TPSA) is 113 Å². The second-order valence-electron chi connectivity index (χ2n) is 2.18. The number of nitrogens with zero attached hydrogens (tertiary/aromatic N) is 4. The Kier molecular flexibility index (Phi) is 1.35. The van der Waals surface area contributed by atoms with E-state index in [9.17, 15) is 9.59 Å². The summed E-state index contributed by atoms with van der Waals surface area (Å²) in [5.41, 5.74) is -1.42. The molecule has 2 heterocycles. The summed E-state index contributed by atoms with van der Waals surface area (Å²) in [6.07, 6.45) is 1.22. The lowest BCUT2D eigenvalue weighted by molar-refractivity contribution is 0.0686. The lowest BCUT2D eigenvalue weighted by Crippen LogP contribution is -2.25. The van der Waals surface area contributed by atoms with Crippen LogP contribution in [0.4, 0.5) is 0 Å². The number of nitrogens with one attached hydrogen (secondary N) is 1. The molecule has 0 bridgehead atoms. The van der Waals surface area contributed by atoms with Crippen LogP contribution in [0.25, 0.3) is 5.78 Å². The van der Waals surface area contributed by atoms with Crippen molar-refractivity contribution in [2.75, 3.05) is 0 Å². The summed E-state index contributed by atoms with van der Waals surface area (Å²) in [4.78, 5) is 25.3. The first-order valence-corrected chi connectivity index (χ1v) is 3.22. The Morgan fingerprint density at radius 1 is 1.54 bits per heavy atom. The van der Waals surface area contributed by atoms with Crippen molar-refractivity contribution in [1.82, 2.24) is 24.8 Å². The molecule has 8 nitrogen and oxygen atoms in total. The van der Waals surface area contributed by atoms with E-state index < -0.39 is 17.2 Å². The van der Waals surface area contributed by atoms with Crippen LogP contribution >= 0.6 is 0 Å². The van der Waals surface area contributed by atoms with E-state index in [1.807, 2.05) is 0 Å². The standard InChI is InChI=1S/C5H3N5O3/c11-3-2(4(12)13)8-9-5-6-1-7-10(3)5/h1H,(H,12,13)(H,6,7,9). The molecule has 2 aromatic heterocycles. The molecule has 0 saturated carbocycles. The first-order valence-electron chi connectivity index (χ1n) is 3.22. The molecular weight excluding hydrogens is 178 g/mol. The number of fused-ring (bicyclic) bond motifs is 1. The quantitative estimate of drug-likeness (QED) is 0.554. The highest BCUT2D eigenvalue weighted by Crippen LogP contribution is 1.87. The number of hydrogen-bond donors (Lipinski definition) is 2. The molecule has 0 atom stereocenters. The van der Waals surface area contributed by atoms with Gasteiger partial charge >= 0.3 is 11.5 Å². The van der Waals surface area contributed by atoms with Gasteiger partial charge in [-0.1, -0.05) is 0 Å². The molecule has 0 fully saturated rings. The number of H-pyrrole nitrogens is 1. The summed E-state index contributed by atoms with van der Waals surface area (Å²) >= 11 is 0. The molecule has 0 unspecified atom stereocenters. The highest BCUT2D eigenvalue weighted by atomic mass is 16.4. The second-order valence-corrected chi connectivity index (χ2v) is 2.18. The van der Waals surface area contributed by atoms with Gasteiger partial charge in [0.25, 0.3) is 5.78 Å². The molecule has 2 aromatic rings. The first kappa shape index (κ1) is 7.40. The van der Waals surface area contributed by atoms with Crippen molar-refractivity contribution in [3.05, 3.63) is 22.4 Å². The normalized spacial score (nSPS) is 10.5. The van der Waals surface area contributed by atoms with Crippen LogP contribution in [0.5, 0.6) is 0 Å². The molecule has 0 saturated heterocycles. The summed E-state index contributed by atoms with van der Waals surface area (Å²) in [6.45, 7) is 0. The highest BCUT2D eigenvalue weighted by molar-refractivity contribution is 5.84. The Labute approximate surface area is 69.8 Å². The third-order valence-corrected chi connectivity index (χ3v) is 1.41. The van der Waals surface area contributed by atoms with Crippen molar-refractivity contribution in [1.29, 1.82) is 0 Å². The summed E-state index contributed by atoms with van der Waals surface area (Å²) in [6, 6.07) is 0. The second kappa shape index (κ2) is 2.37. The Hall–Kier alpha value is -2.25. The van der Waals surface area contributed by atoms with Crippen molar-refractivity contribution >= 4 is 11.7 Å².